The third kappa shape index (κ3) is 6.93. The maximum Gasteiger partial charge on any atom is 0.219 e. The summed E-state index contributed by atoms with van der Waals surface area (Å²) in [6.07, 6.45) is 13.3. The minimum Gasteiger partial charge on any atom is -0.464 e. The van der Waals surface area contributed by atoms with Gasteiger partial charge < -0.3 is 24.1 Å². The quantitative estimate of drug-likeness (QED) is 0.288. The molecule has 0 saturated carbocycles. The molecule has 0 atom stereocenters. The number of fused-ring (bicyclic) bond motifs is 1. The van der Waals surface area contributed by atoms with Crippen LogP contribution >= 0.6 is 10.0 Å². The van der Waals surface area contributed by atoms with Gasteiger partial charge in [0.2, 0.25) is 5.88 Å². The molecule has 5 rings (SSSR count). The Morgan fingerprint density at radius 1 is 1.08 bits per heavy atom. The van der Waals surface area contributed by atoms with Crippen molar-refractivity contribution in [3.63, 3.8) is 0 Å². The highest BCUT2D eigenvalue weighted by molar-refractivity contribution is 8.32. The third-order valence-electron chi connectivity index (χ3n) is 6.56. The van der Waals surface area contributed by atoms with Gasteiger partial charge in [0.15, 0.2) is 0 Å². The number of rotatable bonds is 11. The Hall–Kier alpha value is -2.85. The lowest BCUT2D eigenvalue weighted by atomic mass is 10.1. The number of nitrogens with one attached hydrogen (secondary N) is 1. The molecule has 198 valence electrons. The van der Waals surface area contributed by atoms with Crippen LogP contribution in [0.15, 0.2) is 59.5 Å². The molecule has 4 heterocycles. The third-order valence-corrected chi connectivity index (χ3v) is 7.95. The molecular formula is C28H37N5O3S. The number of piperazine rings is 1. The smallest absolute Gasteiger partial charge is 0.219 e. The highest BCUT2D eigenvalue weighted by Crippen LogP contribution is 2.33. The van der Waals surface area contributed by atoms with Crippen LogP contribution in [0.3, 0.4) is 0 Å². The van der Waals surface area contributed by atoms with E-state index in [9.17, 15) is 0 Å². The zero-order chi connectivity index (χ0) is 25.7. The molecule has 1 aliphatic rings. The molecule has 1 aromatic carbocycles. The van der Waals surface area contributed by atoms with Crippen molar-refractivity contribution in [2.45, 2.75) is 13.2 Å². The molecule has 0 radical (unpaired) electrons. The number of nitrogens with zero attached hydrogens (tertiary/aromatic N) is 4. The van der Waals surface area contributed by atoms with E-state index in [1.165, 1.54) is 5.56 Å². The molecule has 37 heavy (non-hydrogen) atoms. The molecule has 1 N–H and O–H groups in total. The zero-order valence-electron chi connectivity index (χ0n) is 22.0. The van der Waals surface area contributed by atoms with Crippen molar-refractivity contribution in [2.24, 2.45) is 0 Å². The second kappa shape index (κ2) is 11.7. The van der Waals surface area contributed by atoms with Crippen LogP contribution in [0, 0.1) is 0 Å². The van der Waals surface area contributed by atoms with Crippen LogP contribution in [0.25, 0.3) is 22.2 Å². The number of hydrogen-bond donors (Lipinski definition) is 1. The molecule has 0 bridgehead atoms. The van der Waals surface area contributed by atoms with E-state index >= 15 is 0 Å². The highest BCUT2D eigenvalue weighted by atomic mass is 32.3. The summed E-state index contributed by atoms with van der Waals surface area (Å²) in [5.74, 6) is 2.32. The first kappa shape index (κ1) is 25.8. The first-order valence-electron chi connectivity index (χ1n) is 12.8. The summed E-state index contributed by atoms with van der Waals surface area (Å²) in [6, 6.07) is 11.8. The molecule has 1 aliphatic heterocycles. The Bertz CT molecular complexity index is 1290. The van der Waals surface area contributed by atoms with Crippen molar-refractivity contribution < 1.29 is 13.9 Å². The topological polar surface area (TPSA) is 77.6 Å². The maximum atomic E-state index is 6.03. The van der Waals surface area contributed by atoms with Crippen molar-refractivity contribution in [1.29, 1.82) is 0 Å². The van der Waals surface area contributed by atoms with E-state index in [1.54, 1.807) is 6.20 Å². The van der Waals surface area contributed by atoms with Gasteiger partial charge in [0.1, 0.15) is 18.1 Å². The minimum atomic E-state index is -0.564. The molecule has 4 aromatic rings. The van der Waals surface area contributed by atoms with E-state index in [2.05, 4.69) is 45.1 Å². The summed E-state index contributed by atoms with van der Waals surface area (Å²) < 4.78 is 19.6. The summed E-state index contributed by atoms with van der Waals surface area (Å²) in [6.45, 7) is 6.56. The van der Waals surface area contributed by atoms with Crippen LogP contribution in [0.2, 0.25) is 0 Å². The number of pyridine rings is 1. The SMILES string of the molecule is CS(C)(C)CCOCn1nccc1-c1ccc(Oc2ccc3c(CCN4CCNCC4)coc3c2)nc1. The average Bonchev–Trinajstić information content (AvgIpc) is 3.53. The lowest BCUT2D eigenvalue weighted by molar-refractivity contribution is 0.0821. The molecule has 3 aromatic heterocycles. The van der Waals surface area contributed by atoms with Crippen molar-refractivity contribution in [2.75, 3.05) is 63.9 Å². The van der Waals surface area contributed by atoms with Crippen molar-refractivity contribution in [3.05, 3.63) is 60.6 Å². The summed E-state index contributed by atoms with van der Waals surface area (Å²) >= 11 is 0. The molecule has 1 saturated heterocycles. The fourth-order valence-electron chi connectivity index (χ4n) is 4.39. The van der Waals surface area contributed by atoms with Crippen LogP contribution in [0.4, 0.5) is 0 Å². The Morgan fingerprint density at radius 3 is 2.73 bits per heavy atom. The van der Waals surface area contributed by atoms with Crippen molar-refractivity contribution in [3.8, 4) is 22.9 Å². The fourth-order valence-corrected chi connectivity index (χ4v) is 5.01. The lowest BCUT2D eigenvalue weighted by Crippen LogP contribution is -2.44. The normalized spacial score (nSPS) is 15.3. The van der Waals surface area contributed by atoms with Gasteiger partial charge in [0.05, 0.1) is 18.6 Å². The van der Waals surface area contributed by atoms with E-state index in [0.717, 1.165) is 73.7 Å². The second-order valence-electron chi connectivity index (χ2n) is 10.3. The number of furan rings is 1. The first-order valence-corrected chi connectivity index (χ1v) is 15.8. The van der Waals surface area contributed by atoms with Gasteiger partial charge in [-0.05, 0) is 55.0 Å². The van der Waals surface area contributed by atoms with Crippen LogP contribution in [0.1, 0.15) is 5.56 Å². The summed E-state index contributed by atoms with van der Waals surface area (Å²) in [5, 5.41) is 8.96. The Balaban J connectivity index is 1.18. The molecule has 0 aliphatic carbocycles. The van der Waals surface area contributed by atoms with Gasteiger partial charge in [0, 0.05) is 74.0 Å². The molecule has 8 nitrogen and oxygen atoms in total. The zero-order valence-corrected chi connectivity index (χ0v) is 22.8. The van der Waals surface area contributed by atoms with E-state index < -0.39 is 10.0 Å². The van der Waals surface area contributed by atoms with Gasteiger partial charge in [-0.15, -0.1) is 0 Å². The summed E-state index contributed by atoms with van der Waals surface area (Å²) in [5.41, 5.74) is 4.00. The standard InChI is InChI=1S/C28H37N5O3S/c1-37(2,3)17-16-34-21-33-26(8-10-31-33)22-4-7-28(30-19-22)36-24-5-6-25-23(20-35-27(25)18-24)9-13-32-14-11-29-12-15-32/h4-8,10,18-20,29H,9,11-17,21H2,1-3H3. The highest BCUT2D eigenvalue weighted by Gasteiger charge is 2.13. The largest absolute Gasteiger partial charge is 0.464 e. The maximum absolute atomic E-state index is 6.03. The summed E-state index contributed by atoms with van der Waals surface area (Å²) in [4.78, 5) is 7.02. The number of benzene rings is 1. The van der Waals surface area contributed by atoms with Gasteiger partial charge in [-0.25, -0.2) is 19.7 Å². The van der Waals surface area contributed by atoms with Crippen LogP contribution in [-0.2, 0) is 17.9 Å². The van der Waals surface area contributed by atoms with E-state index in [0.29, 0.717) is 18.4 Å². The van der Waals surface area contributed by atoms with E-state index in [-0.39, 0.29) is 0 Å². The molecular weight excluding hydrogens is 486 g/mol. The van der Waals surface area contributed by atoms with E-state index in [4.69, 9.17) is 13.9 Å². The Labute approximate surface area is 220 Å². The van der Waals surface area contributed by atoms with Crippen LogP contribution in [0.5, 0.6) is 11.6 Å². The first-order chi connectivity index (χ1) is 17.9. The van der Waals surface area contributed by atoms with Crippen molar-refractivity contribution >= 4 is 21.0 Å². The second-order valence-corrected chi connectivity index (χ2v) is 14.9. The molecule has 1 fully saturated rings. The molecule has 0 spiro atoms. The average molecular weight is 524 g/mol. The predicted octanol–water partition coefficient (Wildman–Crippen LogP) is 4.60. The molecule has 9 heteroatoms. The van der Waals surface area contributed by atoms with Crippen molar-refractivity contribution in [1.82, 2.24) is 25.0 Å². The predicted molar refractivity (Wildman–Crippen MR) is 151 cm³/mol. The van der Waals surface area contributed by atoms with Gasteiger partial charge >= 0.3 is 0 Å². The molecule has 0 unspecified atom stereocenters. The number of hydrogen-bond acceptors (Lipinski definition) is 7. The monoisotopic (exact) mass is 523 g/mol. The fraction of sp³-hybridized carbons (Fsp3) is 0.429. The van der Waals surface area contributed by atoms with Gasteiger partial charge in [-0.3, -0.25) is 0 Å². The van der Waals surface area contributed by atoms with Gasteiger partial charge in [-0.1, -0.05) is 0 Å². The van der Waals surface area contributed by atoms with Gasteiger partial charge in [0.25, 0.3) is 0 Å². The molecule has 0 amide bonds. The minimum absolute atomic E-state index is 0.427. The number of ether oxygens (including phenoxy) is 2. The Morgan fingerprint density at radius 2 is 1.95 bits per heavy atom. The summed E-state index contributed by atoms with van der Waals surface area (Å²) in [7, 11) is -0.564. The number of aromatic nitrogens is 3. The van der Waals surface area contributed by atoms with E-state index in [1.807, 2.05) is 47.5 Å². The van der Waals surface area contributed by atoms with Crippen LogP contribution in [-0.4, -0.2) is 83.5 Å². The lowest BCUT2D eigenvalue weighted by Gasteiger charge is -2.26. The Kier molecular flexibility index (Phi) is 8.14. The van der Waals surface area contributed by atoms with Gasteiger partial charge in [-0.2, -0.15) is 5.10 Å². The van der Waals surface area contributed by atoms with Crippen LogP contribution < -0.4 is 10.1 Å².